The standard InChI is InChI=1S/C16H17ClFNO/c1-19(15-8-3-2-7-14(15)18)10-9-16(20)12-5-4-6-13(17)11-12/h2-8,11,16,20H,9-10H2,1H3. The maximum absolute atomic E-state index is 13.6. The van der Waals surface area contributed by atoms with Crippen LogP contribution < -0.4 is 4.90 Å². The highest BCUT2D eigenvalue weighted by atomic mass is 35.5. The first kappa shape index (κ1) is 14.8. The molecular weight excluding hydrogens is 277 g/mol. The van der Waals surface area contributed by atoms with Gasteiger partial charge in [-0.2, -0.15) is 0 Å². The van der Waals surface area contributed by atoms with E-state index in [1.165, 1.54) is 6.07 Å². The molecule has 1 atom stereocenters. The molecule has 2 aromatic carbocycles. The van der Waals surface area contributed by atoms with Crippen LogP contribution in [0.4, 0.5) is 10.1 Å². The van der Waals surface area contributed by atoms with Crippen molar-refractivity contribution >= 4 is 17.3 Å². The van der Waals surface area contributed by atoms with Gasteiger partial charge >= 0.3 is 0 Å². The summed E-state index contributed by atoms with van der Waals surface area (Å²) in [5.74, 6) is -0.257. The molecule has 4 heteroatoms. The summed E-state index contributed by atoms with van der Waals surface area (Å²) in [5.41, 5.74) is 1.31. The number of hydrogen-bond donors (Lipinski definition) is 1. The lowest BCUT2D eigenvalue weighted by Gasteiger charge is -2.21. The molecule has 0 aromatic heterocycles. The Bertz CT molecular complexity index is 576. The molecular formula is C16H17ClFNO. The first-order valence-electron chi connectivity index (χ1n) is 6.47. The summed E-state index contributed by atoms with van der Waals surface area (Å²) < 4.78 is 13.6. The fourth-order valence-corrected chi connectivity index (χ4v) is 2.28. The predicted octanol–water partition coefficient (Wildman–Crippen LogP) is 4.04. The molecule has 0 bridgehead atoms. The van der Waals surface area contributed by atoms with Crippen molar-refractivity contribution in [2.24, 2.45) is 0 Å². The van der Waals surface area contributed by atoms with Crippen molar-refractivity contribution in [3.63, 3.8) is 0 Å². The fourth-order valence-electron chi connectivity index (χ4n) is 2.08. The summed E-state index contributed by atoms with van der Waals surface area (Å²) in [5, 5.41) is 10.7. The topological polar surface area (TPSA) is 23.5 Å². The zero-order chi connectivity index (χ0) is 14.5. The number of aliphatic hydroxyl groups excluding tert-OH is 1. The Morgan fingerprint density at radius 1 is 1.20 bits per heavy atom. The van der Waals surface area contributed by atoms with E-state index in [0.29, 0.717) is 23.7 Å². The van der Waals surface area contributed by atoms with Crippen LogP contribution in [0.1, 0.15) is 18.1 Å². The minimum Gasteiger partial charge on any atom is -0.388 e. The summed E-state index contributed by atoms with van der Waals surface area (Å²) in [6.45, 7) is 0.550. The van der Waals surface area contributed by atoms with Crippen molar-refractivity contribution in [3.05, 3.63) is 64.9 Å². The highest BCUT2D eigenvalue weighted by Gasteiger charge is 2.11. The molecule has 2 nitrogen and oxygen atoms in total. The molecule has 0 fully saturated rings. The van der Waals surface area contributed by atoms with E-state index in [1.807, 2.05) is 19.2 Å². The van der Waals surface area contributed by atoms with Gasteiger partial charge in [0.25, 0.3) is 0 Å². The lowest BCUT2D eigenvalue weighted by atomic mass is 10.1. The van der Waals surface area contributed by atoms with Crippen molar-refractivity contribution in [2.45, 2.75) is 12.5 Å². The Kier molecular flexibility index (Phi) is 4.99. The van der Waals surface area contributed by atoms with Crippen LogP contribution >= 0.6 is 11.6 Å². The van der Waals surface area contributed by atoms with Crippen molar-refractivity contribution in [2.75, 3.05) is 18.5 Å². The molecule has 0 heterocycles. The number of hydrogen-bond acceptors (Lipinski definition) is 2. The molecule has 0 aliphatic carbocycles. The number of anilines is 1. The summed E-state index contributed by atoms with van der Waals surface area (Å²) in [6.07, 6.45) is -0.103. The summed E-state index contributed by atoms with van der Waals surface area (Å²) >= 11 is 5.90. The highest BCUT2D eigenvalue weighted by molar-refractivity contribution is 6.30. The van der Waals surface area contributed by atoms with Gasteiger partial charge < -0.3 is 10.0 Å². The third-order valence-electron chi connectivity index (χ3n) is 3.24. The Morgan fingerprint density at radius 3 is 2.65 bits per heavy atom. The summed E-state index contributed by atoms with van der Waals surface area (Å²) in [4.78, 5) is 1.79. The fraction of sp³-hybridized carbons (Fsp3) is 0.250. The molecule has 0 aliphatic heterocycles. The summed E-state index contributed by atoms with van der Waals surface area (Å²) in [6, 6.07) is 13.8. The summed E-state index contributed by atoms with van der Waals surface area (Å²) in [7, 11) is 1.81. The second-order valence-electron chi connectivity index (χ2n) is 4.73. The number of nitrogens with zero attached hydrogens (tertiary/aromatic N) is 1. The maximum Gasteiger partial charge on any atom is 0.146 e. The third-order valence-corrected chi connectivity index (χ3v) is 3.47. The van der Waals surface area contributed by atoms with Crippen LogP contribution in [0.3, 0.4) is 0 Å². The monoisotopic (exact) mass is 293 g/mol. The predicted molar refractivity (Wildman–Crippen MR) is 80.7 cm³/mol. The molecule has 0 aliphatic rings. The lowest BCUT2D eigenvalue weighted by molar-refractivity contribution is 0.170. The van der Waals surface area contributed by atoms with E-state index in [0.717, 1.165) is 5.56 Å². The van der Waals surface area contributed by atoms with Crippen LogP contribution in [0.5, 0.6) is 0 Å². The Hall–Kier alpha value is -1.58. The van der Waals surface area contributed by atoms with Crippen LogP contribution in [-0.2, 0) is 0 Å². The van der Waals surface area contributed by atoms with E-state index < -0.39 is 6.10 Å². The van der Waals surface area contributed by atoms with Gasteiger partial charge in [-0.05, 0) is 36.2 Å². The Balaban J connectivity index is 1.97. The van der Waals surface area contributed by atoms with E-state index in [2.05, 4.69) is 0 Å². The second-order valence-corrected chi connectivity index (χ2v) is 5.17. The molecule has 20 heavy (non-hydrogen) atoms. The average Bonchev–Trinajstić information content (AvgIpc) is 2.45. The van der Waals surface area contributed by atoms with E-state index in [4.69, 9.17) is 11.6 Å². The maximum atomic E-state index is 13.6. The van der Waals surface area contributed by atoms with Gasteiger partial charge in [-0.3, -0.25) is 0 Å². The quantitative estimate of drug-likeness (QED) is 0.899. The van der Waals surface area contributed by atoms with Crippen molar-refractivity contribution in [1.29, 1.82) is 0 Å². The molecule has 0 spiro atoms. The molecule has 0 saturated carbocycles. The first-order chi connectivity index (χ1) is 9.58. The van der Waals surface area contributed by atoms with Gasteiger partial charge in [-0.1, -0.05) is 35.9 Å². The van der Waals surface area contributed by atoms with E-state index in [1.54, 1.807) is 35.2 Å². The second kappa shape index (κ2) is 6.73. The highest BCUT2D eigenvalue weighted by Crippen LogP contribution is 2.22. The van der Waals surface area contributed by atoms with Gasteiger partial charge in [0.05, 0.1) is 11.8 Å². The van der Waals surface area contributed by atoms with Crippen LogP contribution in [0.2, 0.25) is 5.02 Å². The number of benzene rings is 2. The van der Waals surface area contributed by atoms with Gasteiger partial charge in [-0.25, -0.2) is 4.39 Å². The zero-order valence-corrected chi connectivity index (χ0v) is 12.0. The van der Waals surface area contributed by atoms with E-state index in [9.17, 15) is 9.50 Å². The number of aliphatic hydroxyl groups is 1. The van der Waals surface area contributed by atoms with Crippen LogP contribution in [0.15, 0.2) is 48.5 Å². The van der Waals surface area contributed by atoms with Crippen molar-refractivity contribution in [1.82, 2.24) is 0 Å². The van der Waals surface area contributed by atoms with Crippen molar-refractivity contribution < 1.29 is 9.50 Å². The Morgan fingerprint density at radius 2 is 1.95 bits per heavy atom. The molecule has 0 amide bonds. The van der Waals surface area contributed by atoms with E-state index >= 15 is 0 Å². The Labute approximate surface area is 123 Å². The number of rotatable bonds is 5. The van der Waals surface area contributed by atoms with Gasteiger partial charge in [0.2, 0.25) is 0 Å². The minimum atomic E-state index is -0.608. The molecule has 2 rings (SSSR count). The minimum absolute atomic E-state index is 0.257. The number of para-hydroxylation sites is 1. The van der Waals surface area contributed by atoms with Gasteiger partial charge in [0.1, 0.15) is 5.82 Å². The smallest absolute Gasteiger partial charge is 0.146 e. The van der Waals surface area contributed by atoms with Crippen LogP contribution in [-0.4, -0.2) is 18.7 Å². The number of halogens is 2. The SMILES string of the molecule is CN(CCC(O)c1cccc(Cl)c1)c1ccccc1F. The molecule has 2 aromatic rings. The van der Waals surface area contributed by atoms with E-state index in [-0.39, 0.29) is 5.82 Å². The first-order valence-corrected chi connectivity index (χ1v) is 6.85. The third kappa shape index (κ3) is 3.71. The lowest BCUT2D eigenvalue weighted by Crippen LogP contribution is -2.21. The van der Waals surface area contributed by atoms with Crippen LogP contribution in [0, 0.1) is 5.82 Å². The molecule has 106 valence electrons. The normalized spacial score (nSPS) is 12.2. The molecule has 1 N–H and O–H groups in total. The largest absolute Gasteiger partial charge is 0.388 e. The van der Waals surface area contributed by atoms with Gasteiger partial charge in [-0.15, -0.1) is 0 Å². The van der Waals surface area contributed by atoms with Gasteiger partial charge in [0, 0.05) is 18.6 Å². The molecule has 0 radical (unpaired) electrons. The van der Waals surface area contributed by atoms with Crippen LogP contribution in [0.25, 0.3) is 0 Å². The molecule has 1 unspecified atom stereocenters. The average molecular weight is 294 g/mol. The zero-order valence-electron chi connectivity index (χ0n) is 11.3. The molecule has 0 saturated heterocycles. The van der Waals surface area contributed by atoms with Gasteiger partial charge in [0.15, 0.2) is 0 Å². The van der Waals surface area contributed by atoms with Crippen molar-refractivity contribution in [3.8, 4) is 0 Å².